The van der Waals surface area contributed by atoms with Crippen LogP contribution < -0.4 is 5.56 Å². The summed E-state index contributed by atoms with van der Waals surface area (Å²) < 4.78 is 1.55. The molecule has 0 bridgehead atoms. The molecule has 0 unspecified atom stereocenters. The van der Waals surface area contributed by atoms with Crippen LogP contribution in [0.2, 0.25) is 0 Å². The number of H-pyrrole nitrogens is 1. The molecule has 0 aromatic carbocycles. The third-order valence-electron chi connectivity index (χ3n) is 2.68. The molecule has 0 aliphatic rings. The molecule has 18 heavy (non-hydrogen) atoms. The number of fused-ring (bicyclic) bond motifs is 1. The number of nitrogens with one attached hydrogen (secondary N) is 1. The van der Waals surface area contributed by atoms with E-state index in [-0.39, 0.29) is 12.2 Å². The molecule has 1 atom stereocenters. The van der Waals surface area contributed by atoms with Gasteiger partial charge in [0.1, 0.15) is 5.39 Å². The zero-order valence-electron chi connectivity index (χ0n) is 10.4. The van der Waals surface area contributed by atoms with E-state index in [1.807, 2.05) is 0 Å². The summed E-state index contributed by atoms with van der Waals surface area (Å²) in [7, 11) is 0. The Morgan fingerprint density at radius 2 is 2.39 bits per heavy atom. The Kier molecular flexibility index (Phi) is 4.03. The fourth-order valence-corrected chi connectivity index (χ4v) is 2.37. The molecule has 0 saturated heterocycles. The number of rotatable bonds is 5. The summed E-state index contributed by atoms with van der Waals surface area (Å²) in [6.45, 7) is 4.48. The molecule has 0 spiro atoms. The molecule has 98 valence electrons. The van der Waals surface area contributed by atoms with Gasteiger partial charge in [-0.15, -0.1) is 0 Å². The summed E-state index contributed by atoms with van der Waals surface area (Å²) >= 11 is 1.53. The third kappa shape index (κ3) is 2.56. The normalized spacial score (nSPS) is 13.1. The molecule has 2 aromatic heterocycles. The molecule has 2 N–H and O–H groups in total. The monoisotopic (exact) mass is 268 g/mol. The fourth-order valence-electron chi connectivity index (χ4n) is 1.53. The molecule has 0 aliphatic carbocycles. The van der Waals surface area contributed by atoms with E-state index in [1.165, 1.54) is 18.0 Å². The quantitative estimate of drug-likeness (QED) is 0.624. The Bertz CT molecular complexity index is 592. The van der Waals surface area contributed by atoms with E-state index in [4.69, 9.17) is 5.11 Å². The van der Waals surface area contributed by atoms with Crippen LogP contribution in [0.1, 0.15) is 20.3 Å². The number of aromatic nitrogens is 4. The predicted octanol–water partition coefficient (Wildman–Crippen LogP) is 1.00. The second kappa shape index (κ2) is 5.53. The number of hydrogen-bond donors (Lipinski definition) is 2. The standard InChI is InChI=1S/C11H16N4O2S/c1-3-7(2)18-11-13-9-8(10(17)14-11)6-12-15(9)4-5-16/h6-7,16H,3-5H2,1-2H3,(H,13,14,17)/t7-/m1/s1. The van der Waals surface area contributed by atoms with Gasteiger partial charge < -0.3 is 10.1 Å². The molecular formula is C11H16N4O2S. The maximum absolute atomic E-state index is 11.9. The Labute approximate surface area is 108 Å². The van der Waals surface area contributed by atoms with Gasteiger partial charge in [-0.25, -0.2) is 9.67 Å². The van der Waals surface area contributed by atoms with Crippen molar-refractivity contribution in [2.45, 2.75) is 37.2 Å². The summed E-state index contributed by atoms with van der Waals surface area (Å²) in [6, 6.07) is 0. The average Bonchev–Trinajstić information content (AvgIpc) is 2.73. The molecular weight excluding hydrogens is 252 g/mol. The topological polar surface area (TPSA) is 83.8 Å². The molecule has 2 aromatic rings. The van der Waals surface area contributed by atoms with Crippen LogP contribution in [0.4, 0.5) is 0 Å². The largest absolute Gasteiger partial charge is 0.394 e. The molecule has 2 heterocycles. The summed E-state index contributed by atoms with van der Waals surface area (Å²) in [5, 5.41) is 14.4. The van der Waals surface area contributed by atoms with Crippen molar-refractivity contribution in [3.63, 3.8) is 0 Å². The van der Waals surface area contributed by atoms with E-state index in [2.05, 4.69) is 28.9 Å². The summed E-state index contributed by atoms with van der Waals surface area (Å²) in [6.07, 6.45) is 2.48. The first kappa shape index (κ1) is 13.1. The third-order valence-corrected chi connectivity index (χ3v) is 3.84. The van der Waals surface area contributed by atoms with E-state index in [0.29, 0.717) is 28.0 Å². The summed E-state index contributed by atoms with van der Waals surface area (Å²) in [4.78, 5) is 19.0. The lowest BCUT2D eigenvalue weighted by Crippen LogP contribution is -2.12. The van der Waals surface area contributed by atoms with Crippen molar-refractivity contribution < 1.29 is 5.11 Å². The van der Waals surface area contributed by atoms with Crippen molar-refractivity contribution in [2.24, 2.45) is 0 Å². The van der Waals surface area contributed by atoms with E-state index in [9.17, 15) is 4.79 Å². The van der Waals surface area contributed by atoms with Crippen LogP contribution >= 0.6 is 11.8 Å². The highest BCUT2D eigenvalue weighted by Crippen LogP contribution is 2.21. The van der Waals surface area contributed by atoms with Gasteiger partial charge in [0, 0.05) is 5.25 Å². The Morgan fingerprint density at radius 3 is 3.06 bits per heavy atom. The second-order valence-corrected chi connectivity index (χ2v) is 5.46. The van der Waals surface area contributed by atoms with Gasteiger partial charge in [0.15, 0.2) is 10.8 Å². The molecule has 7 heteroatoms. The maximum atomic E-state index is 11.9. The van der Waals surface area contributed by atoms with Gasteiger partial charge in [-0.2, -0.15) is 5.10 Å². The Morgan fingerprint density at radius 1 is 1.61 bits per heavy atom. The van der Waals surface area contributed by atoms with Crippen LogP contribution in [0.25, 0.3) is 11.0 Å². The number of aliphatic hydroxyl groups is 1. The lowest BCUT2D eigenvalue weighted by Gasteiger charge is -2.07. The van der Waals surface area contributed by atoms with Crippen molar-refractivity contribution in [1.29, 1.82) is 0 Å². The van der Waals surface area contributed by atoms with Gasteiger partial charge >= 0.3 is 0 Å². The van der Waals surface area contributed by atoms with Crippen LogP contribution in [0.15, 0.2) is 16.1 Å². The van der Waals surface area contributed by atoms with Crippen LogP contribution in [0, 0.1) is 0 Å². The van der Waals surface area contributed by atoms with Gasteiger partial charge in [-0.05, 0) is 6.42 Å². The predicted molar refractivity (Wildman–Crippen MR) is 70.8 cm³/mol. The van der Waals surface area contributed by atoms with Crippen molar-refractivity contribution in [3.8, 4) is 0 Å². The number of thioether (sulfide) groups is 1. The first-order valence-electron chi connectivity index (χ1n) is 5.89. The van der Waals surface area contributed by atoms with Gasteiger partial charge in [0.05, 0.1) is 19.3 Å². The molecule has 0 amide bonds. The van der Waals surface area contributed by atoms with Gasteiger partial charge in [-0.3, -0.25) is 4.79 Å². The Hall–Kier alpha value is -1.34. The average molecular weight is 268 g/mol. The number of hydrogen-bond acceptors (Lipinski definition) is 5. The molecule has 2 rings (SSSR count). The SMILES string of the molecule is CC[C@@H](C)Sc1nc2c(cnn2CCO)c(=O)[nH]1. The fraction of sp³-hybridized carbons (Fsp3) is 0.545. The van der Waals surface area contributed by atoms with Crippen molar-refractivity contribution in [2.75, 3.05) is 6.61 Å². The maximum Gasteiger partial charge on any atom is 0.262 e. The Balaban J connectivity index is 2.45. The van der Waals surface area contributed by atoms with E-state index >= 15 is 0 Å². The van der Waals surface area contributed by atoms with Gasteiger partial charge in [0.25, 0.3) is 5.56 Å². The highest BCUT2D eigenvalue weighted by atomic mass is 32.2. The van der Waals surface area contributed by atoms with Crippen LogP contribution in [-0.4, -0.2) is 36.7 Å². The zero-order valence-corrected chi connectivity index (χ0v) is 11.2. The number of aromatic amines is 1. The highest BCUT2D eigenvalue weighted by Gasteiger charge is 2.11. The van der Waals surface area contributed by atoms with Gasteiger partial charge in [0.2, 0.25) is 0 Å². The van der Waals surface area contributed by atoms with E-state index in [0.717, 1.165) is 6.42 Å². The molecule has 0 saturated carbocycles. The minimum Gasteiger partial charge on any atom is -0.394 e. The second-order valence-electron chi connectivity index (χ2n) is 4.04. The summed E-state index contributed by atoms with van der Waals surface area (Å²) in [5.74, 6) is 0. The molecule has 0 radical (unpaired) electrons. The zero-order chi connectivity index (χ0) is 13.1. The minimum atomic E-state index is -0.185. The highest BCUT2D eigenvalue weighted by molar-refractivity contribution is 7.99. The minimum absolute atomic E-state index is 0.0287. The van der Waals surface area contributed by atoms with Crippen molar-refractivity contribution in [3.05, 3.63) is 16.6 Å². The molecule has 0 fully saturated rings. The lowest BCUT2D eigenvalue weighted by atomic mass is 10.4. The number of nitrogens with zero attached hydrogens (tertiary/aromatic N) is 3. The van der Waals surface area contributed by atoms with Crippen LogP contribution in [0.3, 0.4) is 0 Å². The number of aliphatic hydroxyl groups excluding tert-OH is 1. The first-order valence-corrected chi connectivity index (χ1v) is 6.77. The van der Waals surface area contributed by atoms with E-state index in [1.54, 1.807) is 4.68 Å². The van der Waals surface area contributed by atoms with Crippen molar-refractivity contribution >= 4 is 22.8 Å². The van der Waals surface area contributed by atoms with Crippen molar-refractivity contribution in [1.82, 2.24) is 19.7 Å². The van der Waals surface area contributed by atoms with Crippen LogP contribution in [0.5, 0.6) is 0 Å². The van der Waals surface area contributed by atoms with Crippen LogP contribution in [-0.2, 0) is 6.54 Å². The van der Waals surface area contributed by atoms with Gasteiger partial charge in [-0.1, -0.05) is 25.6 Å². The molecule has 0 aliphatic heterocycles. The molecule has 6 nitrogen and oxygen atoms in total. The first-order chi connectivity index (χ1) is 8.65. The summed E-state index contributed by atoms with van der Waals surface area (Å²) in [5.41, 5.74) is 0.341. The lowest BCUT2D eigenvalue weighted by molar-refractivity contribution is 0.271. The van der Waals surface area contributed by atoms with E-state index < -0.39 is 0 Å². The smallest absolute Gasteiger partial charge is 0.262 e.